The first-order chi connectivity index (χ1) is 15.4. The summed E-state index contributed by atoms with van der Waals surface area (Å²) < 4.78 is 10.7. The molecule has 2 N–H and O–H groups in total. The van der Waals surface area contributed by atoms with Gasteiger partial charge in [0.15, 0.2) is 6.39 Å². The normalized spacial score (nSPS) is 19.2. The van der Waals surface area contributed by atoms with E-state index in [-0.39, 0.29) is 24.8 Å². The molecule has 1 saturated heterocycles. The van der Waals surface area contributed by atoms with Crippen LogP contribution in [0.5, 0.6) is 5.75 Å². The van der Waals surface area contributed by atoms with Gasteiger partial charge in [0.2, 0.25) is 5.91 Å². The van der Waals surface area contributed by atoms with Crippen molar-refractivity contribution in [3.05, 3.63) is 65.9 Å². The maximum atomic E-state index is 13.0. The molecular weight excluding hydrogens is 410 g/mol. The van der Waals surface area contributed by atoms with Gasteiger partial charge in [-0.1, -0.05) is 17.7 Å². The number of aliphatic hydroxyl groups excluding tert-OH is 1. The molecule has 2 heterocycles. The van der Waals surface area contributed by atoms with Crippen molar-refractivity contribution < 1.29 is 23.8 Å². The summed E-state index contributed by atoms with van der Waals surface area (Å²) in [6.07, 6.45) is 6.27. The van der Waals surface area contributed by atoms with Gasteiger partial charge in [-0.2, -0.15) is 0 Å². The highest BCUT2D eigenvalue weighted by Gasteiger charge is 2.39. The van der Waals surface area contributed by atoms with E-state index >= 15 is 0 Å². The van der Waals surface area contributed by atoms with E-state index in [9.17, 15) is 14.7 Å². The lowest BCUT2D eigenvalue weighted by Gasteiger charge is -2.24. The maximum absolute atomic E-state index is 13.0. The molecule has 8 nitrogen and oxygen atoms in total. The summed E-state index contributed by atoms with van der Waals surface area (Å²) >= 11 is 0. The minimum Gasteiger partial charge on any atom is -0.494 e. The minimum atomic E-state index is -0.735. The zero-order valence-corrected chi connectivity index (χ0v) is 18.6. The highest BCUT2D eigenvalue weighted by Crippen LogP contribution is 2.22. The second-order valence-corrected chi connectivity index (χ2v) is 7.77. The summed E-state index contributed by atoms with van der Waals surface area (Å²) in [5, 5.41) is 13.0. The van der Waals surface area contributed by atoms with Crippen LogP contribution in [0.15, 0.2) is 59.0 Å². The molecule has 3 rings (SSSR count). The summed E-state index contributed by atoms with van der Waals surface area (Å²) in [5.74, 6) is 0.781. The van der Waals surface area contributed by atoms with Crippen molar-refractivity contribution >= 4 is 17.4 Å². The molecule has 0 unspecified atom stereocenters. The van der Waals surface area contributed by atoms with Crippen LogP contribution in [0.3, 0.4) is 0 Å². The number of carbonyl (C=O) groups is 2. The van der Waals surface area contributed by atoms with Crippen molar-refractivity contribution in [1.82, 2.24) is 15.2 Å². The van der Waals surface area contributed by atoms with E-state index in [1.165, 1.54) is 11.3 Å². The number of benzene rings is 1. The van der Waals surface area contributed by atoms with E-state index in [1.54, 1.807) is 30.5 Å². The fourth-order valence-corrected chi connectivity index (χ4v) is 3.48. The molecule has 170 valence electrons. The number of oxazole rings is 1. The molecule has 1 aliphatic heterocycles. The quantitative estimate of drug-likeness (QED) is 0.613. The Labute approximate surface area is 187 Å². The molecule has 1 aliphatic rings. The van der Waals surface area contributed by atoms with Crippen LogP contribution in [0.4, 0.5) is 0 Å². The van der Waals surface area contributed by atoms with Gasteiger partial charge in [-0.05, 0) is 50.6 Å². The average molecular weight is 440 g/mol. The number of rotatable bonds is 8. The van der Waals surface area contributed by atoms with Gasteiger partial charge in [0.25, 0.3) is 5.91 Å². The van der Waals surface area contributed by atoms with Crippen LogP contribution in [0.2, 0.25) is 0 Å². The number of carbonyl (C=O) groups excluding carboxylic acids is 2. The van der Waals surface area contributed by atoms with Crippen molar-refractivity contribution in [1.29, 1.82) is 0 Å². The fraction of sp³-hybridized carbons (Fsp3) is 0.375. The smallest absolute Gasteiger partial charge is 0.254 e. The topological polar surface area (TPSA) is 105 Å². The van der Waals surface area contributed by atoms with Crippen molar-refractivity contribution in [2.75, 3.05) is 19.7 Å². The highest BCUT2D eigenvalue weighted by atomic mass is 16.5. The third-order valence-corrected chi connectivity index (χ3v) is 5.24. The van der Waals surface area contributed by atoms with E-state index in [0.29, 0.717) is 30.2 Å². The number of aromatic nitrogens is 1. The second-order valence-electron chi connectivity index (χ2n) is 7.77. The van der Waals surface area contributed by atoms with Crippen LogP contribution < -0.4 is 10.1 Å². The first-order valence-electron chi connectivity index (χ1n) is 10.6. The summed E-state index contributed by atoms with van der Waals surface area (Å²) in [5.41, 5.74) is 2.30. The van der Waals surface area contributed by atoms with Crippen molar-refractivity contribution in [3.8, 4) is 5.75 Å². The lowest BCUT2D eigenvalue weighted by Crippen LogP contribution is -2.46. The van der Waals surface area contributed by atoms with E-state index in [2.05, 4.69) is 10.3 Å². The Hall–Kier alpha value is -3.39. The third-order valence-electron chi connectivity index (χ3n) is 5.24. The molecule has 0 aliphatic carbocycles. The first-order valence-corrected chi connectivity index (χ1v) is 10.6. The zero-order valence-electron chi connectivity index (χ0n) is 18.6. The van der Waals surface area contributed by atoms with Crippen LogP contribution in [-0.4, -0.2) is 58.6 Å². The Morgan fingerprint density at radius 2 is 2.03 bits per heavy atom. The van der Waals surface area contributed by atoms with E-state index < -0.39 is 12.1 Å². The van der Waals surface area contributed by atoms with Gasteiger partial charge >= 0.3 is 0 Å². The predicted octanol–water partition coefficient (Wildman–Crippen LogP) is 2.81. The average Bonchev–Trinajstić information content (AvgIpc) is 3.46. The zero-order chi connectivity index (χ0) is 23.1. The molecule has 8 heteroatoms. The predicted molar refractivity (Wildman–Crippen MR) is 120 cm³/mol. The summed E-state index contributed by atoms with van der Waals surface area (Å²) in [6, 6.07) is 6.07. The Bertz CT molecular complexity index is 980. The Balaban J connectivity index is 1.61. The second kappa shape index (κ2) is 10.8. The molecule has 2 aromatic rings. The van der Waals surface area contributed by atoms with Crippen molar-refractivity contribution in [3.63, 3.8) is 0 Å². The van der Waals surface area contributed by atoms with Gasteiger partial charge in [0.1, 0.15) is 17.6 Å². The summed E-state index contributed by atoms with van der Waals surface area (Å²) in [4.78, 5) is 31.1. The number of allylic oxidation sites excluding steroid dienone is 3. The van der Waals surface area contributed by atoms with Gasteiger partial charge in [-0.25, -0.2) is 4.98 Å². The van der Waals surface area contributed by atoms with Crippen LogP contribution in [0.1, 0.15) is 43.3 Å². The van der Waals surface area contributed by atoms with Gasteiger partial charge < -0.3 is 24.5 Å². The molecule has 0 bridgehead atoms. The van der Waals surface area contributed by atoms with Crippen molar-refractivity contribution in [2.45, 2.75) is 39.3 Å². The summed E-state index contributed by atoms with van der Waals surface area (Å²) in [7, 11) is 0. The Kier molecular flexibility index (Phi) is 7.83. The number of amides is 2. The fourth-order valence-electron chi connectivity index (χ4n) is 3.48. The lowest BCUT2D eigenvalue weighted by molar-refractivity contribution is -0.124. The molecule has 0 spiro atoms. The minimum absolute atomic E-state index is 0.123. The maximum Gasteiger partial charge on any atom is 0.254 e. The molecule has 0 saturated carbocycles. The number of hydrogen-bond acceptors (Lipinski definition) is 6. The van der Waals surface area contributed by atoms with Gasteiger partial charge in [0.05, 0.1) is 18.9 Å². The Morgan fingerprint density at radius 3 is 2.69 bits per heavy atom. The van der Waals surface area contributed by atoms with Gasteiger partial charge in [0, 0.05) is 25.1 Å². The van der Waals surface area contributed by atoms with Crippen LogP contribution in [0.25, 0.3) is 5.57 Å². The number of nitrogens with one attached hydrogen (secondary N) is 1. The van der Waals surface area contributed by atoms with Crippen LogP contribution in [-0.2, 0) is 4.79 Å². The van der Waals surface area contributed by atoms with E-state index in [1.807, 2.05) is 32.9 Å². The monoisotopic (exact) mass is 439 g/mol. The van der Waals surface area contributed by atoms with E-state index in [4.69, 9.17) is 9.15 Å². The number of ether oxygens (including phenoxy) is 1. The third kappa shape index (κ3) is 5.85. The SMILES string of the molecule is CCOc1ccc(C(=O)N2C[C@H](O)C[C@H]2C(=O)NC/C(C)=C/C=C(\C)c2cnco2)cc1. The Morgan fingerprint density at radius 1 is 1.28 bits per heavy atom. The number of aliphatic hydroxyl groups is 1. The summed E-state index contributed by atoms with van der Waals surface area (Å²) in [6.45, 7) is 6.69. The number of likely N-dealkylation sites (tertiary alicyclic amines) is 1. The molecule has 32 heavy (non-hydrogen) atoms. The lowest BCUT2D eigenvalue weighted by atomic mass is 10.1. The molecule has 0 radical (unpaired) electrons. The number of β-amino-alcohol motifs (C(OH)–C–C–N with tert-alkyl or cyclic N) is 1. The first kappa shape index (κ1) is 23.3. The highest BCUT2D eigenvalue weighted by molar-refractivity contribution is 5.98. The van der Waals surface area contributed by atoms with Crippen LogP contribution in [0, 0.1) is 0 Å². The number of hydrogen-bond donors (Lipinski definition) is 2. The number of nitrogens with zero attached hydrogens (tertiary/aromatic N) is 2. The molecule has 1 aromatic carbocycles. The van der Waals surface area contributed by atoms with Gasteiger partial charge in [-0.15, -0.1) is 0 Å². The molecule has 1 fully saturated rings. The molecule has 2 amide bonds. The molecule has 1 aromatic heterocycles. The van der Waals surface area contributed by atoms with Crippen molar-refractivity contribution in [2.24, 2.45) is 0 Å². The van der Waals surface area contributed by atoms with Gasteiger partial charge in [-0.3, -0.25) is 9.59 Å². The molecular formula is C24H29N3O5. The standard InChI is InChI=1S/C24H29N3O5/c1-4-31-20-9-7-18(8-10-20)24(30)27-14-19(28)11-21(27)23(29)26-12-16(2)5-6-17(3)22-13-25-15-32-22/h5-10,13,15,19,21,28H,4,11-12,14H2,1-3H3,(H,26,29)/b16-5+,17-6+/t19-,21+/m1/s1. The largest absolute Gasteiger partial charge is 0.494 e. The van der Waals surface area contributed by atoms with E-state index in [0.717, 1.165) is 11.1 Å². The van der Waals surface area contributed by atoms with Crippen LogP contribution >= 0.6 is 0 Å². The molecule has 2 atom stereocenters.